The second-order valence-electron chi connectivity index (χ2n) is 33.6. The summed E-state index contributed by atoms with van der Waals surface area (Å²) in [6, 6.07) is 126. The normalized spacial score (nSPS) is 13.4. The van der Waals surface area contributed by atoms with Crippen LogP contribution >= 0.6 is 31.9 Å². The van der Waals surface area contributed by atoms with Crippen molar-refractivity contribution in [1.29, 1.82) is 0 Å². The van der Waals surface area contributed by atoms with Crippen molar-refractivity contribution in [2.24, 2.45) is 0 Å². The first-order valence-electron chi connectivity index (χ1n) is 41.3. The van der Waals surface area contributed by atoms with Crippen molar-refractivity contribution in [2.45, 2.75) is 57.8 Å². The van der Waals surface area contributed by atoms with Crippen LogP contribution in [0.5, 0.6) is 0 Å². The summed E-state index contributed by atoms with van der Waals surface area (Å²) in [5.41, 5.74) is 23.7. The number of fused-ring (bicyclic) bond motifs is 9. The number of nitrogens with zero attached hydrogens (tertiary/aromatic N) is 2. The number of nitrogens with one attached hydrogen (secondary N) is 1. The summed E-state index contributed by atoms with van der Waals surface area (Å²) in [4.78, 5) is 4.32. The maximum atomic E-state index is 18.0. The molecule has 0 fully saturated rings. The molecule has 20 aromatic carbocycles. The molecule has 3 nitrogen and oxygen atoms in total. The van der Waals surface area contributed by atoms with Gasteiger partial charge in [-0.3, -0.25) is 0 Å². The average Bonchev–Trinajstić information content (AvgIpc) is 1.71. The second-order valence-corrected chi connectivity index (χ2v) is 35.3. The molecule has 0 amide bonds. The van der Waals surface area contributed by atoms with E-state index in [0.717, 1.165) is 114 Å². The Morgan fingerprint density at radius 3 is 0.917 bits per heavy atom. The van der Waals surface area contributed by atoms with E-state index in [9.17, 15) is 0 Å². The van der Waals surface area contributed by atoms with Crippen LogP contribution in [0.3, 0.4) is 0 Å². The van der Waals surface area contributed by atoms with Crippen LogP contribution in [0.25, 0.3) is 131 Å². The highest BCUT2D eigenvalue weighted by atomic mass is 79.9. The first-order chi connectivity index (χ1) is 58.9. The fourth-order valence-corrected chi connectivity index (χ4v) is 21.0. The molecule has 23 rings (SSSR count). The molecule has 3 aliphatic rings. The van der Waals surface area contributed by atoms with Gasteiger partial charge in [-0.15, -0.1) is 0 Å². The van der Waals surface area contributed by atoms with Gasteiger partial charge in [-0.1, -0.05) is 383 Å². The summed E-state index contributed by atoms with van der Waals surface area (Å²) in [5, 5.41) is 17.4. The predicted octanol–water partition coefficient (Wildman–Crippen LogP) is 33.4. The zero-order valence-electron chi connectivity index (χ0n) is 67.5. The number of anilines is 8. The van der Waals surface area contributed by atoms with Gasteiger partial charge in [0.1, 0.15) is 0 Å². The Hall–Kier alpha value is -13.4. The average molecular weight is 1700 g/mol. The van der Waals surface area contributed by atoms with E-state index >= 15 is 13.2 Å². The van der Waals surface area contributed by atoms with Gasteiger partial charge in [-0.2, -0.15) is 0 Å². The summed E-state index contributed by atoms with van der Waals surface area (Å²) >= 11 is 7.30. The minimum atomic E-state index is -0.301. The highest BCUT2D eigenvalue weighted by Crippen LogP contribution is 2.60. The van der Waals surface area contributed by atoms with Gasteiger partial charge in [0.2, 0.25) is 0 Å². The van der Waals surface area contributed by atoms with Crippen molar-refractivity contribution in [3.8, 4) is 66.8 Å². The molecule has 0 aliphatic heterocycles. The van der Waals surface area contributed by atoms with Crippen LogP contribution in [0.1, 0.15) is 74.9 Å². The summed E-state index contributed by atoms with van der Waals surface area (Å²) in [6.07, 6.45) is 0. The molecule has 0 spiro atoms. The Kier molecular flexibility index (Phi) is 18.2. The van der Waals surface area contributed by atoms with Gasteiger partial charge < -0.3 is 15.1 Å². The molecule has 0 atom stereocenters. The molecule has 0 saturated heterocycles. The van der Waals surface area contributed by atoms with E-state index < -0.39 is 0 Å². The summed E-state index contributed by atoms with van der Waals surface area (Å²) in [7, 11) is 0. The van der Waals surface area contributed by atoms with Crippen molar-refractivity contribution in [3.05, 3.63) is 430 Å². The molecule has 121 heavy (non-hydrogen) atoms. The van der Waals surface area contributed by atoms with Crippen LogP contribution in [0.4, 0.5) is 58.7 Å². The summed E-state index contributed by atoms with van der Waals surface area (Å²) in [6.45, 7) is 13.6. The predicted molar refractivity (Wildman–Crippen MR) is 510 cm³/mol. The van der Waals surface area contributed by atoms with Crippen LogP contribution in [0.2, 0.25) is 0 Å². The second kappa shape index (κ2) is 29.3. The van der Waals surface area contributed by atoms with Crippen LogP contribution in [0, 0.1) is 17.5 Å². The monoisotopic (exact) mass is 1690 g/mol. The van der Waals surface area contributed by atoms with E-state index in [0.29, 0.717) is 33.8 Å². The van der Waals surface area contributed by atoms with Crippen molar-refractivity contribution in [2.75, 3.05) is 15.1 Å². The summed E-state index contributed by atoms with van der Waals surface area (Å²) < 4.78 is 53.6. The molecule has 20 aromatic rings. The smallest absolute Gasteiger partial charge is 0.155 e. The van der Waals surface area contributed by atoms with Gasteiger partial charge in [0.15, 0.2) is 17.5 Å². The molecular weight excluding hydrogens is 1620 g/mol. The maximum Gasteiger partial charge on any atom is 0.155 e. The molecule has 0 unspecified atom stereocenters. The molecule has 3 aliphatic carbocycles. The third-order valence-electron chi connectivity index (χ3n) is 25.9. The van der Waals surface area contributed by atoms with Crippen LogP contribution in [-0.2, 0) is 16.2 Å². The third-order valence-corrected chi connectivity index (χ3v) is 27.3. The molecule has 582 valence electrons. The van der Waals surface area contributed by atoms with Crippen molar-refractivity contribution < 1.29 is 13.2 Å². The number of halogens is 5. The van der Waals surface area contributed by atoms with Gasteiger partial charge in [0.25, 0.3) is 0 Å². The lowest BCUT2D eigenvalue weighted by atomic mass is 9.82. The van der Waals surface area contributed by atoms with E-state index in [1.54, 1.807) is 6.07 Å². The number of benzene rings is 20. The Morgan fingerprint density at radius 1 is 0.223 bits per heavy atom. The molecular formula is C113H80Br2F3N3. The first kappa shape index (κ1) is 75.1. The van der Waals surface area contributed by atoms with Crippen molar-refractivity contribution in [3.63, 3.8) is 0 Å². The van der Waals surface area contributed by atoms with Crippen LogP contribution < -0.4 is 15.1 Å². The Morgan fingerprint density at radius 2 is 0.504 bits per heavy atom. The SMILES string of the molecule is Brc1ccc2ccc3c(Br)ccc4ccc1c2c43.CC1(C)c2ccccc2-c2c(N(c3cccc(-c4ccccc4)c3F)c3ccc4ccc5c(N(c6cccc(-c7ccccc7)c6F)c6cccc7c6-c6ccccc6C7(C)C)ccc6ccc3c4c65)cccc21.CC1(C)c2ccccc2-c2c(Nc3cccc(-c4ccccc4)c3F)cccc21. The fraction of sp³-hybridized carbons (Fsp3) is 0.0796. The number of rotatable bonds is 11. The maximum absolute atomic E-state index is 18.0. The highest BCUT2D eigenvalue weighted by molar-refractivity contribution is 9.11. The van der Waals surface area contributed by atoms with E-state index in [2.05, 4.69) is 301 Å². The van der Waals surface area contributed by atoms with Crippen molar-refractivity contribution in [1.82, 2.24) is 0 Å². The molecule has 0 bridgehead atoms. The van der Waals surface area contributed by atoms with E-state index in [4.69, 9.17) is 0 Å². The Balaban J connectivity index is 0.000000155. The van der Waals surface area contributed by atoms with Gasteiger partial charge in [-0.25, -0.2) is 13.2 Å². The minimum Gasteiger partial charge on any atom is -0.353 e. The number of hydrogen-bond acceptors (Lipinski definition) is 3. The van der Waals surface area contributed by atoms with Crippen LogP contribution in [-0.4, -0.2) is 0 Å². The first-order valence-corrected chi connectivity index (χ1v) is 42.8. The standard InChI is InChI=1S/C70H50F2N2.C27H22FN.C16H8Br2/c1-69(2)53-27-13-11-23-49(53)65-55(69)29-17-31-59(65)73(61-33-15-25-47(67(61)71)43-19-7-5-8-20-43)57-41-37-45-36-40-52-58(42-38-46-35-39-51(57)63(45)64(46)52)74(62-34-16-26-48(68(62)72)44-21-9-6-10-22-44)60-32-18-30-56-66(60)50-24-12-14-28-54(50)70(56,3)4;1-27(2)21-14-7-6-12-20(21)25-22(27)15-9-16-23(25)29-24-17-8-13-19(26(24)28)18-10-4-3-5-11-18;17-13-8-4-10-2-6-12-14(18)7-3-9-1-5-11(13)16(10)15(9)12/h5-42H,1-4H3;3-17,29H,1-2H3;1-8H. The molecule has 1 N–H and O–H groups in total. The lowest BCUT2D eigenvalue weighted by Crippen LogP contribution is -2.17. The minimum absolute atomic E-state index is 0.0753. The van der Waals surface area contributed by atoms with Crippen LogP contribution in [0.15, 0.2) is 379 Å². The molecule has 0 heterocycles. The Labute approximate surface area is 719 Å². The largest absolute Gasteiger partial charge is 0.353 e. The fourth-order valence-electron chi connectivity index (χ4n) is 20.1. The number of hydrogen-bond donors (Lipinski definition) is 1. The molecule has 0 radical (unpaired) electrons. The van der Waals surface area contributed by atoms with E-state index in [-0.39, 0.29) is 33.7 Å². The molecule has 8 heteroatoms. The zero-order valence-corrected chi connectivity index (χ0v) is 70.7. The van der Waals surface area contributed by atoms with Gasteiger partial charge in [0, 0.05) is 75.0 Å². The van der Waals surface area contributed by atoms with Crippen molar-refractivity contribution >= 4 is 142 Å². The topological polar surface area (TPSA) is 18.5 Å². The van der Waals surface area contributed by atoms with E-state index in [1.807, 2.05) is 152 Å². The quantitative estimate of drug-likeness (QED) is 0.130. The third kappa shape index (κ3) is 12.0. The lowest BCUT2D eigenvalue weighted by molar-refractivity contribution is 0.632. The van der Waals surface area contributed by atoms with Gasteiger partial charge >= 0.3 is 0 Å². The summed E-state index contributed by atoms with van der Waals surface area (Å²) in [5.74, 6) is -0.836. The highest BCUT2D eigenvalue weighted by Gasteiger charge is 2.42. The molecule has 0 saturated carbocycles. The Bertz CT molecular complexity index is 7190. The van der Waals surface area contributed by atoms with Gasteiger partial charge in [-0.05, 0) is 181 Å². The molecule has 0 aromatic heterocycles. The van der Waals surface area contributed by atoms with E-state index in [1.165, 1.54) is 71.3 Å². The van der Waals surface area contributed by atoms with Gasteiger partial charge in [0.05, 0.1) is 39.8 Å². The zero-order chi connectivity index (χ0) is 82.3. The lowest BCUT2D eigenvalue weighted by Gasteiger charge is -2.32.